The van der Waals surface area contributed by atoms with Crippen LogP contribution in [0, 0.1) is 5.92 Å². The molecule has 16 heavy (non-hydrogen) atoms. The van der Waals surface area contributed by atoms with E-state index < -0.39 is 5.91 Å². The molecule has 0 saturated heterocycles. The smallest absolute Gasteiger partial charge is 0.250 e. The summed E-state index contributed by atoms with van der Waals surface area (Å²) < 4.78 is 0.851. The zero-order chi connectivity index (χ0) is 12.3. The molecule has 0 fully saturated rings. The van der Waals surface area contributed by atoms with Crippen molar-refractivity contribution in [2.75, 3.05) is 5.32 Å². The van der Waals surface area contributed by atoms with Gasteiger partial charge in [-0.25, -0.2) is 0 Å². The maximum atomic E-state index is 11.3. The summed E-state index contributed by atoms with van der Waals surface area (Å²) in [5.41, 5.74) is 6.64. The maximum absolute atomic E-state index is 11.3. The summed E-state index contributed by atoms with van der Waals surface area (Å²) in [7, 11) is 0. The van der Waals surface area contributed by atoms with E-state index in [1.165, 1.54) is 0 Å². The number of hydrogen-bond acceptors (Lipinski definition) is 2. The minimum Gasteiger partial charge on any atom is -0.382 e. The highest BCUT2D eigenvalue weighted by molar-refractivity contribution is 9.10. The molecule has 4 heteroatoms. The molecule has 1 atom stereocenters. The summed E-state index contributed by atoms with van der Waals surface area (Å²) in [5, 5.41) is 3.30. The van der Waals surface area contributed by atoms with Gasteiger partial charge in [-0.2, -0.15) is 0 Å². The second-order valence-electron chi connectivity index (χ2n) is 4.23. The van der Waals surface area contributed by atoms with Gasteiger partial charge in [0.1, 0.15) is 0 Å². The van der Waals surface area contributed by atoms with Crippen molar-refractivity contribution >= 4 is 27.5 Å². The van der Waals surface area contributed by atoms with Crippen LogP contribution in [-0.2, 0) is 0 Å². The van der Waals surface area contributed by atoms with Gasteiger partial charge in [-0.1, -0.05) is 29.8 Å². The lowest BCUT2D eigenvalue weighted by Gasteiger charge is -2.20. The normalized spacial score (nSPS) is 12.6. The molecule has 0 aromatic heterocycles. The monoisotopic (exact) mass is 284 g/mol. The van der Waals surface area contributed by atoms with Crippen molar-refractivity contribution in [1.29, 1.82) is 0 Å². The zero-order valence-corrected chi connectivity index (χ0v) is 11.3. The van der Waals surface area contributed by atoms with Gasteiger partial charge in [-0.05, 0) is 31.0 Å². The summed E-state index contributed by atoms with van der Waals surface area (Å²) in [6.45, 7) is 6.33. The number of nitrogens with one attached hydrogen (secondary N) is 1. The minimum absolute atomic E-state index is 0.291. The van der Waals surface area contributed by atoms with Crippen molar-refractivity contribution in [3.05, 3.63) is 28.2 Å². The molecule has 0 aliphatic heterocycles. The van der Waals surface area contributed by atoms with Crippen molar-refractivity contribution in [3.63, 3.8) is 0 Å². The summed E-state index contributed by atoms with van der Waals surface area (Å²) in [4.78, 5) is 11.3. The third-order valence-corrected chi connectivity index (χ3v) is 3.12. The predicted octanol–water partition coefficient (Wildman–Crippen LogP) is 3.00. The van der Waals surface area contributed by atoms with Gasteiger partial charge >= 0.3 is 0 Å². The van der Waals surface area contributed by atoms with Crippen LogP contribution in [0.15, 0.2) is 22.7 Å². The highest BCUT2D eigenvalue weighted by Crippen LogP contribution is 2.22. The van der Waals surface area contributed by atoms with Gasteiger partial charge in [0.05, 0.1) is 5.56 Å². The topological polar surface area (TPSA) is 55.1 Å². The average Bonchev–Trinajstić information content (AvgIpc) is 2.20. The number of nitrogens with two attached hydrogens (primary N) is 1. The molecule has 88 valence electrons. The lowest BCUT2D eigenvalue weighted by Crippen LogP contribution is -2.24. The quantitative estimate of drug-likeness (QED) is 0.893. The highest BCUT2D eigenvalue weighted by Gasteiger charge is 2.12. The van der Waals surface area contributed by atoms with E-state index in [2.05, 4.69) is 42.0 Å². The third kappa shape index (κ3) is 3.23. The SMILES string of the molecule is CC(C)[C@H](C)Nc1ccc(Br)cc1C(N)=O. The molecule has 1 rings (SSSR count). The van der Waals surface area contributed by atoms with E-state index in [0.29, 0.717) is 17.5 Å². The summed E-state index contributed by atoms with van der Waals surface area (Å²) in [5.74, 6) is 0.0733. The zero-order valence-electron chi connectivity index (χ0n) is 9.75. The minimum atomic E-state index is -0.417. The largest absolute Gasteiger partial charge is 0.382 e. The number of amides is 1. The van der Waals surface area contributed by atoms with Crippen LogP contribution in [0.3, 0.4) is 0 Å². The second-order valence-corrected chi connectivity index (χ2v) is 5.15. The molecule has 0 radical (unpaired) electrons. The van der Waals surface area contributed by atoms with Crippen LogP contribution in [0.4, 0.5) is 5.69 Å². The Bertz CT molecular complexity index is 391. The number of halogens is 1. The van der Waals surface area contributed by atoms with Crippen molar-refractivity contribution in [2.45, 2.75) is 26.8 Å². The Morgan fingerprint density at radius 2 is 2.00 bits per heavy atom. The Morgan fingerprint density at radius 3 is 2.50 bits per heavy atom. The van der Waals surface area contributed by atoms with E-state index in [0.717, 1.165) is 10.2 Å². The standard InChI is InChI=1S/C12H17BrN2O/c1-7(2)8(3)15-11-5-4-9(13)6-10(11)12(14)16/h4-8,15H,1-3H3,(H2,14,16)/t8-/m0/s1. The molecular formula is C12H17BrN2O. The lowest BCUT2D eigenvalue weighted by molar-refractivity contribution is 0.100. The van der Waals surface area contributed by atoms with Crippen LogP contribution >= 0.6 is 15.9 Å². The second kappa shape index (κ2) is 5.34. The molecule has 0 aliphatic rings. The summed E-state index contributed by atoms with van der Waals surface area (Å²) in [6, 6.07) is 5.78. The molecule has 1 aromatic rings. The molecule has 0 spiro atoms. The molecule has 0 aliphatic carbocycles. The van der Waals surface area contributed by atoms with Crippen LogP contribution in [0.5, 0.6) is 0 Å². The fourth-order valence-corrected chi connectivity index (χ4v) is 1.62. The number of rotatable bonds is 4. The summed E-state index contributed by atoms with van der Waals surface area (Å²) in [6.07, 6.45) is 0. The fourth-order valence-electron chi connectivity index (χ4n) is 1.26. The lowest BCUT2D eigenvalue weighted by atomic mass is 10.0. The first-order valence-corrected chi connectivity index (χ1v) is 6.07. The van der Waals surface area contributed by atoms with Crippen molar-refractivity contribution < 1.29 is 4.79 Å². The van der Waals surface area contributed by atoms with Gasteiger partial charge < -0.3 is 11.1 Å². The van der Waals surface area contributed by atoms with Gasteiger partial charge in [0.25, 0.3) is 5.91 Å². The first-order valence-electron chi connectivity index (χ1n) is 5.27. The van der Waals surface area contributed by atoms with E-state index in [9.17, 15) is 4.79 Å². The number of carbonyl (C=O) groups is 1. The van der Waals surface area contributed by atoms with Gasteiger partial charge in [-0.15, -0.1) is 0 Å². The Morgan fingerprint density at radius 1 is 1.38 bits per heavy atom. The fraction of sp³-hybridized carbons (Fsp3) is 0.417. The predicted molar refractivity (Wildman–Crippen MR) is 70.6 cm³/mol. The van der Waals surface area contributed by atoms with Crippen LogP contribution in [0.1, 0.15) is 31.1 Å². The van der Waals surface area contributed by atoms with Gasteiger partial charge in [0.2, 0.25) is 0 Å². The van der Waals surface area contributed by atoms with Crippen LogP contribution in [0.2, 0.25) is 0 Å². The van der Waals surface area contributed by atoms with E-state index in [1.807, 2.05) is 12.1 Å². The van der Waals surface area contributed by atoms with Crippen molar-refractivity contribution in [1.82, 2.24) is 0 Å². The number of primary amides is 1. The first kappa shape index (κ1) is 13.0. The molecule has 0 heterocycles. The molecule has 1 amide bonds. The maximum Gasteiger partial charge on any atom is 0.250 e. The van der Waals surface area contributed by atoms with E-state index in [-0.39, 0.29) is 0 Å². The third-order valence-electron chi connectivity index (χ3n) is 2.63. The van der Waals surface area contributed by atoms with Crippen LogP contribution in [0.25, 0.3) is 0 Å². The van der Waals surface area contributed by atoms with E-state index >= 15 is 0 Å². The molecular weight excluding hydrogens is 268 g/mol. The van der Waals surface area contributed by atoms with Crippen molar-refractivity contribution in [3.8, 4) is 0 Å². The van der Waals surface area contributed by atoms with Crippen LogP contribution in [-0.4, -0.2) is 11.9 Å². The molecule has 0 unspecified atom stereocenters. The molecule has 3 N–H and O–H groups in total. The Balaban J connectivity index is 2.99. The van der Waals surface area contributed by atoms with Gasteiger partial charge in [-0.3, -0.25) is 4.79 Å². The molecule has 3 nitrogen and oxygen atoms in total. The Labute approximate surface area is 105 Å². The van der Waals surface area contributed by atoms with Crippen molar-refractivity contribution in [2.24, 2.45) is 11.7 Å². The van der Waals surface area contributed by atoms with E-state index in [1.54, 1.807) is 6.07 Å². The van der Waals surface area contributed by atoms with Crippen LogP contribution < -0.4 is 11.1 Å². The Kier molecular flexibility index (Phi) is 4.35. The number of benzene rings is 1. The molecule has 0 bridgehead atoms. The number of hydrogen-bond donors (Lipinski definition) is 2. The Hall–Kier alpha value is -1.03. The first-order chi connectivity index (χ1) is 7.41. The van der Waals surface area contributed by atoms with E-state index in [4.69, 9.17) is 5.73 Å². The average molecular weight is 285 g/mol. The summed E-state index contributed by atoms with van der Waals surface area (Å²) >= 11 is 3.32. The van der Waals surface area contributed by atoms with Gasteiger partial charge in [0.15, 0.2) is 0 Å². The molecule has 0 saturated carbocycles. The highest BCUT2D eigenvalue weighted by atomic mass is 79.9. The molecule has 1 aromatic carbocycles. The van der Waals surface area contributed by atoms with Gasteiger partial charge in [0, 0.05) is 16.2 Å². The number of anilines is 1. The number of carbonyl (C=O) groups excluding carboxylic acids is 1.